The van der Waals surface area contributed by atoms with Crippen LogP contribution in [0.3, 0.4) is 0 Å². The monoisotopic (exact) mass is 259 g/mol. The molecule has 1 heterocycles. The number of hydrogen-bond donors (Lipinski definition) is 1. The molecule has 0 radical (unpaired) electrons. The maximum absolute atomic E-state index is 5.55. The Balaban J connectivity index is 2.14. The predicted octanol–water partition coefficient (Wildman–Crippen LogP) is 2.32. The van der Waals surface area contributed by atoms with E-state index in [0.29, 0.717) is 6.61 Å². The summed E-state index contributed by atoms with van der Waals surface area (Å²) in [6, 6.07) is 10.5. The van der Waals surface area contributed by atoms with Gasteiger partial charge in [-0.2, -0.15) is 5.10 Å². The van der Waals surface area contributed by atoms with Crippen molar-refractivity contribution in [2.24, 2.45) is 7.05 Å². The van der Waals surface area contributed by atoms with Gasteiger partial charge in [0.05, 0.1) is 12.3 Å². The van der Waals surface area contributed by atoms with Crippen LogP contribution in [0.1, 0.15) is 24.2 Å². The summed E-state index contributed by atoms with van der Waals surface area (Å²) in [6.45, 7) is 2.68. The van der Waals surface area contributed by atoms with Crippen molar-refractivity contribution >= 4 is 0 Å². The van der Waals surface area contributed by atoms with Gasteiger partial charge in [-0.15, -0.1) is 0 Å². The molecule has 0 saturated carbocycles. The molecule has 2 rings (SSSR count). The number of ether oxygens (including phenoxy) is 1. The van der Waals surface area contributed by atoms with Crippen LogP contribution in [0.2, 0.25) is 0 Å². The first kappa shape index (κ1) is 13.6. The van der Waals surface area contributed by atoms with Crippen LogP contribution in [0.25, 0.3) is 0 Å². The van der Waals surface area contributed by atoms with Crippen molar-refractivity contribution in [2.45, 2.75) is 19.4 Å². The van der Waals surface area contributed by atoms with Crippen LogP contribution >= 0.6 is 0 Å². The second-order valence-corrected chi connectivity index (χ2v) is 4.53. The lowest BCUT2D eigenvalue weighted by atomic mass is 10.0. The molecule has 1 aromatic heterocycles. The van der Waals surface area contributed by atoms with Crippen molar-refractivity contribution in [2.75, 3.05) is 13.7 Å². The van der Waals surface area contributed by atoms with E-state index in [9.17, 15) is 0 Å². The Morgan fingerprint density at radius 3 is 2.84 bits per heavy atom. The first-order valence-corrected chi connectivity index (χ1v) is 6.61. The molecule has 2 aromatic rings. The molecule has 1 N–H and O–H groups in total. The van der Waals surface area contributed by atoms with Crippen LogP contribution in [0.5, 0.6) is 5.75 Å². The second-order valence-electron chi connectivity index (χ2n) is 4.53. The summed E-state index contributed by atoms with van der Waals surface area (Å²) in [4.78, 5) is 0. The number of aryl methyl sites for hydroxylation is 1. The van der Waals surface area contributed by atoms with Crippen LogP contribution in [-0.2, 0) is 13.5 Å². The molecule has 4 nitrogen and oxygen atoms in total. The number of nitrogens with zero attached hydrogens (tertiary/aromatic N) is 2. The van der Waals surface area contributed by atoms with Gasteiger partial charge in [0.25, 0.3) is 0 Å². The molecule has 102 valence electrons. The topological polar surface area (TPSA) is 39.1 Å². The Bertz CT molecular complexity index is 522. The minimum absolute atomic E-state index is 0.246. The summed E-state index contributed by atoms with van der Waals surface area (Å²) >= 11 is 0. The molecule has 1 atom stereocenters. The molecular weight excluding hydrogens is 238 g/mol. The third-order valence-electron chi connectivity index (χ3n) is 3.10. The highest BCUT2D eigenvalue weighted by Crippen LogP contribution is 2.21. The Kier molecular flexibility index (Phi) is 4.58. The standard InChI is InChI=1S/C15H21N3O/c1-4-19-14-7-5-6-12(10-14)15(16-2)11-13-8-9-18(3)17-13/h5-10,15-16H,4,11H2,1-3H3. The van der Waals surface area contributed by atoms with Gasteiger partial charge in [0.15, 0.2) is 0 Å². The molecule has 1 unspecified atom stereocenters. The minimum Gasteiger partial charge on any atom is -0.494 e. The van der Waals surface area contributed by atoms with E-state index in [4.69, 9.17) is 4.74 Å². The molecule has 0 amide bonds. The van der Waals surface area contributed by atoms with Gasteiger partial charge in [0.1, 0.15) is 5.75 Å². The number of aromatic nitrogens is 2. The highest BCUT2D eigenvalue weighted by molar-refractivity contribution is 5.31. The molecule has 0 aliphatic heterocycles. The summed E-state index contributed by atoms with van der Waals surface area (Å²) in [6.07, 6.45) is 2.84. The van der Waals surface area contributed by atoms with Gasteiger partial charge in [0.2, 0.25) is 0 Å². The fourth-order valence-electron chi connectivity index (χ4n) is 2.16. The summed E-state index contributed by atoms with van der Waals surface area (Å²) in [5.41, 5.74) is 2.31. The lowest BCUT2D eigenvalue weighted by Gasteiger charge is -2.16. The fraction of sp³-hybridized carbons (Fsp3) is 0.400. The molecular formula is C15H21N3O. The maximum atomic E-state index is 5.55. The van der Waals surface area contributed by atoms with Gasteiger partial charge in [-0.05, 0) is 37.7 Å². The zero-order valence-corrected chi connectivity index (χ0v) is 11.8. The number of benzene rings is 1. The van der Waals surface area contributed by atoms with Crippen LogP contribution in [-0.4, -0.2) is 23.4 Å². The molecule has 1 aromatic carbocycles. The summed E-state index contributed by atoms with van der Waals surface area (Å²) in [7, 11) is 3.91. The molecule has 0 saturated heterocycles. The third-order valence-corrected chi connectivity index (χ3v) is 3.10. The van der Waals surface area contributed by atoms with Crippen molar-refractivity contribution in [1.82, 2.24) is 15.1 Å². The number of rotatable bonds is 6. The van der Waals surface area contributed by atoms with E-state index >= 15 is 0 Å². The van der Waals surface area contributed by atoms with Crippen LogP contribution in [0.15, 0.2) is 36.5 Å². The smallest absolute Gasteiger partial charge is 0.119 e. The lowest BCUT2D eigenvalue weighted by Crippen LogP contribution is -2.19. The normalized spacial score (nSPS) is 12.4. The minimum atomic E-state index is 0.246. The highest BCUT2D eigenvalue weighted by atomic mass is 16.5. The summed E-state index contributed by atoms with van der Waals surface area (Å²) < 4.78 is 7.38. The lowest BCUT2D eigenvalue weighted by molar-refractivity contribution is 0.339. The molecule has 0 fully saturated rings. The van der Waals surface area contributed by atoms with E-state index in [1.807, 2.05) is 44.0 Å². The zero-order chi connectivity index (χ0) is 13.7. The Morgan fingerprint density at radius 2 is 2.21 bits per heavy atom. The molecule has 0 aliphatic carbocycles. The largest absolute Gasteiger partial charge is 0.494 e. The predicted molar refractivity (Wildman–Crippen MR) is 76.3 cm³/mol. The Labute approximate surface area is 114 Å². The van der Waals surface area contributed by atoms with Gasteiger partial charge in [-0.3, -0.25) is 4.68 Å². The quantitative estimate of drug-likeness (QED) is 0.865. The van der Waals surface area contributed by atoms with Crippen molar-refractivity contribution in [3.05, 3.63) is 47.8 Å². The number of likely N-dealkylation sites (N-methyl/N-ethyl adjacent to an activating group) is 1. The van der Waals surface area contributed by atoms with E-state index in [-0.39, 0.29) is 6.04 Å². The number of nitrogens with one attached hydrogen (secondary N) is 1. The molecule has 0 aliphatic rings. The van der Waals surface area contributed by atoms with Gasteiger partial charge in [0, 0.05) is 25.7 Å². The van der Waals surface area contributed by atoms with E-state index in [2.05, 4.69) is 28.6 Å². The van der Waals surface area contributed by atoms with Gasteiger partial charge < -0.3 is 10.1 Å². The van der Waals surface area contributed by atoms with Crippen LogP contribution in [0, 0.1) is 0 Å². The first-order chi connectivity index (χ1) is 9.22. The van der Waals surface area contributed by atoms with E-state index < -0.39 is 0 Å². The Hall–Kier alpha value is -1.81. The van der Waals surface area contributed by atoms with Crippen LogP contribution in [0.4, 0.5) is 0 Å². The van der Waals surface area contributed by atoms with E-state index in [1.165, 1.54) is 5.56 Å². The van der Waals surface area contributed by atoms with Gasteiger partial charge >= 0.3 is 0 Å². The Morgan fingerprint density at radius 1 is 1.37 bits per heavy atom. The van der Waals surface area contributed by atoms with Crippen molar-refractivity contribution in [1.29, 1.82) is 0 Å². The third kappa shape index (κ3) is 3.58. The molecule has 0 spiro atoms. The van der Waals surface area contributed by atoms with Gasteiger partial charge in [-0.1, -0.05) is 12.1 Å². The van der Waals surface area contributed by atoms with Crippen LogP contribution < -0.4 is 10.1 Å². The second kappa shape index (κ2) is 6.38. The van der Waals surface area contributed by atoms with Gasteiger partial charge in [-0.25, -0.2) is 0 Å². The number of hydrogen-bond acceptors (Lipinski definition) is 3. The maximum Gasteiger partial charge on any atom is 0.119 e. The van der Waals surface area contributed by atoms with Crippen molar-refractivity contribution in [3.63, 3.8) is 0 Å². The highest BCUT2D eigenvalue weighted by Gasteiger charge is 2.12. The molecule has 0 bridgehead atoms. The summed E-state index contributed by atoms with van der Waals surface area (Å²) in [5, 5.41) is 7.77. The molecule has 19 heavy (non-hydrogen) atoms. The van der Waals surface area contributed by atoms with Crippen molar-refractivity contribution < 1.29 is 4.74 Å². The zero-order valence-electron chi connectivity index (χ0n) is 11.8. The molecule has 4 heteroatoms. The summed E-state index contributed by atoms with van der Waals surface area (Å²) in [5.74, 6) is 0.918. The average Bonchev–Trinajstić information content (AvgIpc) is 2.82. The van der Waals surface area contributed by atoms with E-state index in [0.717, 1.165) is 17.9 Å². The average molecular weight is 259 g/mol. The first-order valence-electron chi connectivity index (χ1n) is 6.61. The fourth-order valence-corrected chi connectivity index (χ4v) is 2.16. The van der Waals surface area contributed by atoms with E-state index in [1.54, 1.807) is 0 Å². The SMILES string of the molecule is CCOc1cccc(C(Cc2ccn(C)n2)NC)c1. The van der Waals surface area contributed by atoms with Crippen molar-refractivity contribution in [3.8, 4) is 5.75 Å².